The van der Waals surface area contributed by atoms with Crippen LogP contribution in [-0.2, 0) is 26.1 Å². The average Bonchev–Trinajstić information content (AvgIpc) is 3.35. The Balaban J connectivity index is 1.32. The van der Waals surface area contributed by atoms with Gasteiger partial charge in [0.15, 0.2) is 5.13 Å². The number of carbonyl (C=O) groups is 2. The first-order valence-electron chi connectivity index (χ1n) is 12.7. The van der Waals surface area contributed by atoms with E-state index in [9.17, 15) is 31.2 Å². The molecule has 3 unspecified atom stereocenters. The molecule has 0 saturated heterocycles. The first kappa shape index (κ1) is 27.1. The van der Waals surface area contributed by atoms with E-state index in [2.05, 4.69) is 14.5 Å². The van der Waals surface area contributed by atoms with Crippen molar-refractivity contribution in [3.8, 4) is 5.75 Å². The van der Waals surface area contributed by atoms with Crippen molar-refractivity contribution >= 4 is 38.3 Å². The van der Waals surface area contributed by atoms with Gasteiger partial charge in [-0.1, -0.05) is 13.0 Å². The van der Waals surface area contributed by atoms with Crippen LogP contribution in [-0.4, -0.2) is 30.6 Å². The van der Waals surface area contributed by atoms with E-state index in [1.165, 1.54) is 23.5 Å². The predicted octanol–water partition coefficient (Wildman–Crippen LogP) is 5.75. The highest BCUT2D eigenvalue weighted by molar-refractivity contribution is 7.88. The van der Waals surface area contributed by atoms with Crippen LogP contribution in [0.5, 0.6) is 5.75 Å². The van der Waals surface area contributed by atoms with Gasteiger partial charge in [0.25, 0.3) is 0 Å². The monoisotopic (exact) mass is 570 g/mol. The maximum absolute atomic E-state index is 13.2. The van der Waals surface area contributed by atoms with Crippen LogP contribution in [0.3, 0.4) is 0 Å². The average molecular weight is 571 g/mol. The number of aromatic nitrogens is 1. The van der Waals surface area contributed by atoms with Crippen LogP contribution in [0.1, 0.15) is 67.4 Å². The molecule has 0 bridgehead atoms. The number of Topliss-reactive ketones (excluding diaryl/α,β-unsaturated/α-hetero) is 1. The van der Waals surface area contributed by atoms with Gasteiger partial charge in [-0.25, -0.2) is 4.98 Å². The third-order valence-corrected chi connectivity index (χ3v) is 10.4. The molecule has 1 aromatic heterocycles. The van der Waals surface area contributed by atoms with Crippen LogP contribution < -0.4 is 9.50 Å². The Kier molecular flexibility index (Phi) is 6.86. The SMILES string of the molecule is Cc1cnc(NC(=O)CC[C@@H]2CC(=O)[C@@]3(C)CCC4c5ccc(OS(=O)(=O)C(F)(F)F)cc5CCC4C23)s1. The summed E-state index contributed by atoms with van der Waals surface area (Å²) in [6, 6.07) is 4.34. The molecule has 2 fully saturated rings. The minimum absolute atomic E-state index is 0.0742. The van der Waals surface area contributed by atoms with Crippen molar-refractivity contribution < 1.29 is 35.4 Å². The molecule has 1 amide bonds. The van der Waals surface area contributed by atoms with Crippen LogP contribution in [0.25, 0.3) is 0 Å². The van der Waals surface area contributed by atoms with E-state index in [-0.39, 0.29) is 41.1 Å². The molecule has 7 nitrogen and oxygen atoms in total. The highest BCUT2D eigenvalue weighted by Gasteiger charge is 2.58. The number of alkyl halides is 3. The number of rotatable bonds is 6. The summed E-state index contributed by atoms with van der Waals surface area (Å²) >= 11 is 1.41. The quantitative estimate of drug-likeness (QED) is 0.351. The molecule has 0 spiro atoms. The van der Waals surface area contributed by atoms with Gasteiger partial charge in [-0.05, 0) is 86.0 Å². The highest BCUT2D eigenvalue weighted by Crippen LogP contribution is 2.62. The number of nitrogens with zero attached hydrogens (tertiary/aromatic N) is 1. The minimum atomic E-state index is -5.74. The van der Waals surface area contributed by atoms with Crippen molar-refractivity contribution in [3.05, 3.63) is 40.4 Å². The van der Waals surface area contributed by atoms with Crippen LogP contribution in [0, 0.1) is 30.1 Å². The molecule has 1 heterocycles. The molecule has 2 saturated carbocycles. The molecule has 5 atom stereocenters. The third kappa shape index (κ3) is 4.85. The number of hydrogen-bond acceptors (Lipinski definition) is 7. The van der Waals surface area contributed by atoms with Gasteiger partial charge in [0.2, 0.25) is 5.91 Å². The molecular weight excluding hydrogens is 541 g/mol. The molecule has 1 aromatic carbocycles. The lowest BCUT2D eigenvalue weighted by Crippen LogP contribution is -2.44. The smallest absolute Gasteiger partial charge is 0.376 e. The van der Waals surface area contributed by atoms with Crippen molar-refractivity contribution in [2.75, 3.05) is 5.32 Å². The molecule has 5 rings (SSSR count). The topological polar surface area (TPSA) is 102 Å². The summed E-state index contributed by atoms with van der Waals surface area (Å²) in [5.74, 6) is 0.273. The number of anilines is 1. The Hall–Kier alpha value is -2.47. The number of aryl methyl sites for hydroxylation is 2. The minimum Gasteiger partial charge on any atom is -0.376 e. The third-order valence-electron chi connectivity index (χ3n) is 8.64. The summed E-state index contributed by atoms with van der Waals surface area (Å²) in [5, 5.41) is 3.40. The number of amides is 1. The molecular formula is C26H29F3N2O5S2. The number of nitrogens with one attached hydrogen (secondary N) is 1. The van der Waals surface area contributed by atoms with E-state index in [4.69, 9.17) is 0 Å². The number of carbonyl (C=O) groups excluding carboxylic acids is 2. The maximum atomic E-state index is 13.2. The maximum Gasteiger partial charge on any atom is 0.534 e. The molecule has 0 aliphatic heterocycles. The number of benzene rings is 1. The molecule has 0 radical (unpaired) electrons. The van der Waals surface area contributed by atoms with E-state index in [1.807, 2.05) is 13.8 Å². The van der Waals surface area contributed by atoms with E-state index in [1.54, 1.807) is 12.3 Å². The number of hydrogen-bond donors (Lipinski definition) is 1. The summed E-state index contributed by atoms with van der Waals surface area (Å²) in [4.78, 5) is 30.9. The first-order chi connectivity index (χ1) is 17.8. The van der Waals surface area contributed by atoms with Crippen LogP contribution >= 0.6 is 11.3 Å². The zero-order chi connectivity index (χ0) is 27.5. The Morgan fingerprint density at radius 1 is 1.29 bits per heavy atom. The second-order valence-corrected chi connectivity index (χ2v) is 13.7. The standard InChI is InChI=1S/C26H29F3N2O5S2/c1-14-13-30-24(37-14)31-22(33)8-4-16-12-21(32)25(2)10-9-19-18-7-5-17(36-38(34,35)26(27,28)29)11-15(18)3-6-20(19)23(16)25/h5,7,11,13,16,19-20,23H,3-4,6,8-10,12H2,1-2H3,(H,30,31,33)/t16-,19?,20?,23?,25-/m1/s1. The zero-order valence-electron chi connectivity index (χ0n) is 21.0. The summed E-state index contributed by atoms with van der Waals surface area (Å²) in [6.45, 7) is 3.96. The summed E-state index contributed by atoms with van der Waals surface area (Å²) in [6.07, 6.45) is 5.81. The lowest BCUT2D eigenvalue weighted by Gasteiger charge is -2.50. The van der Waals surface area contributed by atoms with Crippen molar-refractivity contribution in [1.29, 1.82) is 0 Å². The number of fused-ring (bicyclic) bond motifs is 5. The fourth-order valence-electron chi connectivity index (χ4n) is 7.02. The van der Waals surface area contributed by atoms with Gasteiger partial charge in [0.1, 0.15) is 11.5 Å². The molecule has 206 valence electrons. The number of halogens is 3. The molecule has 12 heteroatoms. The Morgan fingerprint density at radius 3 is 2.74 bits per heavy atom. The first-order valence-corrected chi connectivity index (χ1v) is 14.9. The van der Waals surface area contributed by atoms with Gasteiger partial charge >= 0.3 is 15.6 Å². The Labute approximate surface area is 223 Å². The zero-order valence-corrected chi connectivity index (χ0v) is 22.6. The van der Waals surface area contributed by atoms with Gasteiger partial charge in [-0.2, -0.15) is 21.6 Å². The summed E-state index contributed by atoms with van der Waals surface area (Å²) in [5.41, 5.74) is -4.18. The second kappa shape index (κ2) is 9.62. The van der Waals surface area contributed by atoms with E-state index in [0.29, 0.717) is 37.2 Å². The Morgan fingerprint density at radius 2 is 2.05 bits per heavy atom. The van der Waals surface area contributed by atoms with Gasteiger partial charge in [-0.3, -0.25) is 9.59 Å². The number of ketones is 1. The van der Waals surface area contributed by atoms with Crippen LogP contribution in [0.15, 0.2) is 24.4 Å². The van der Waals surface area contributed by atoms with Crippen molar-refractivity contribution in [2.24, 2.45) is 23.2 Å². The van der Waals surface area contributed by atoms with E-state index < -0.39 is 21.0 Å². The fraction of sp³-hybridized carbons (Fsp3) is 0.577. The molecule has 38 heavy (non-hydrogen) atoms. The number of thiazole rings is 1. The largest absolute Gasteiger partial charge is 0.534 e. The van der Waals surface area contributed by atoms with Gasteiger partial charge in [0.05, 0.1) is 0 Å². The normalized spacial score (nSPS) is 28.8. The van der Waals surface area contributed by atoms with Gasteiger partial charge in [0, 0.05) is 29.3 Å². The molecule has 3 aliphatic carbocycles. The highest BCUT2D eigenvalue weighted by atomic mass is 32.2. The lowest BCUT2D eigenvalue weighted by atomic mass is 9.54. The Bertz CT molecular complexity index is 1370. The van der Waals surface area contributed by atoms with Gasteiger partial charge in [-0.15, -0.1) is 11.3 Å². The van der Waals surface area contributed by atoms with E-state index >= 15 is 0 Å². The second-order valence-electron chi connectivity index (χ2n) is 10.9. The van der Waals surface area contributed by atoms with Crippen LogP contribution in [0.2, 0.25) is 0 Å². The van der Waals surface area contributed by atoms with E-state index in [0.717, 1.165) is 28.8 Å². The summed E-state index contributed by atoms with van der Waals surface area (Å²) < 4.78 is 65.5. The van der Waals surface area contributed by atoms with Crippen molar-refractivity contribution in [3.63, 3.8) is 0 Å². The van der Waals surface area contributed by atoms with Crippen LogP contribution in [0.4, 0.5) is 18.3 Å². The molecule has 3 aliphatic rings. The fourth-order valence-corrected chi connectivity index (χ4v) is 8.15. The van der Waals surface area contributed by atoms with Crippen molar-refractivity contribution in [1.82, 2.24) is 4.98 Å². The molecule has 2 aromatic rings. The van der Waals surface area contributed by atoms with Gasteiger partial charge < -0.3 is 9.50 Å². The predicted molar refractivity (Wildman–Crippen MR) is 135 cm³/mol. The lowest BCUT2D eigenvalue weighted by molar-refractivity contribution is -0.129. The summed E-state index contributed by atoms with van der Waals surface area (Å²) in [7, 11) is -5.74. The molecule has 1 N–H and O–H groups in total. The van der Waals surface area contributed by atoms with Crippen molar-refractivity contribution in [2.45, 2.75) is 70.2 Å².